The van der Waals surface area contributed by atoms with E-state index in [4.69, 9.17) is 0 Å². The van der Waals surface area contributed by atoms with Gasteiger partial charge in [0.25, 0.3) is 5.91 Å². The fraction of sp³-hybridized carbons (Fsp3) is 0.333. The lowest BCUT2D eigenvalue weighted by Gasteiger charge is -2.15. The molecule has 2 rings (SSSR count). The molecule has 2 aromatic rings. The van der Waals surface area contributed by atoms with Gasteiger partial charge in [0.2, 0.25) is 0 Å². The molecular weight excluding hydrogens is 447 g/mol. The van der Waals surface area contributed by atoms with Crippen molar-refractivity contribution < 1.29 is 4.79 Å². The first kappa shape index (κ1) is 21.4. The molecular formula is C18H25IN4OS. The summed E-state index contributed by atoms with van der Waals surface area (Å²) in [7, 11) is 1.74. The van der Waals surface area contributed by atoms with Crippen LogP contribution in [-0.2, 0) is 0 Å². The van der Waals surface area contributed by atoms with E-state index in [1.807, 2.05) is 18.2 Å². The molecule has 3 N–H and O–H groups in total. The second-order valence-electron chi connectivity index (χ2n) is 5.46. The summed E-state index contributed by atoms with van der Waals surface area (Å²) in [5, 5.41) is 13.7. The summed E-state index contributed by atoms with van der Waals surface area (Å²) in [6, 6.07) is 11.3. The molecule has 25 heavy (non-hydrogen) atoms. The van der Waals surface area contributed by atoms with Crippen molar-refractivity contribution in [3.8, 4) is 0 Å². The Labute approximate surface area is 170 Å². The summed E-state index contributed by atoms with van der Waals surface area (Å²) < 4.78 is 0. The Balaban J connectivity index is 0.00000312. The first-order chi connectivity index (χ1) is 11.7. The summed E-state index contributed by atoms with van der Waals surface area (Å²) in [5.74, 6) is 1.10. The number of rotatable bonds is 7. The molecule has 0 saturated carbocycles. The molecule has 0 aliphatic rings. The number of aliphatic imine (C=N–C) groups is 1. The van der Waals surface area contributed by atoms with Crippen molar-refractivity contribution in [1.29, 1.82) is 0 Å². The van der Waals surface area contributed by atoms with Crippen LogP contribution in [0.5, 0.6) is 0 Å². The van der Waals surface area contributed by atoms with Crippen molar-refractivity contribution in [2.24, 2.45) is 4.99 Å². The van der Waals surface area contributed by atoms with Crippen LogP contribution < -0.4 is 16.0 Å². The molecule has 1 unspecified atom stereocenters. The largest absolute Gasteiger partial charge is 0.356 e. The zero-order valence-electron chi connectivity index (χ0n) is 14.5. The van der Waals surface area contributed by atoms with E-state index in [1.165, 1.54) is 5.56 Å². The number of hydrogen-bond acceptors (Lipinski definition) is 3. The Hall–Kier alpha value is -1.61. The highest BCUT2D eigenvalue weighted by molar-refractivity contribution is 14.0. The van der Waals surface area contributed by atoms with E-state index in [0.717, 1.165) is 12.5 Å². The Kier molecular flexibility index (Phi) is 10.2. The van der Waals surface area contributed by atoms with E-state index in [0.29, 0.717) is 24.6 Å². The summed E-state index contributed by atoms with van der Waals surface area (Å²) in [4.78, 5) is 16.1. The van der Waals surface area contributed by atoms with Gasteiger partial charge < -0.3 is 16.0 Å². The number of guanidine groups is 1. The highest BCUT2D eigenvalue weighted by atomic mass is 127. The average molecular weight is 472 g/mol. The van der Waals surface area contributed by atoms with Crippen LogP contribution in [0.3, 0.4) is 0 Å². The molecule has 1 aromatic heterocycles. The number of thiophene rings is 1. The highest BCUT2D eigenvalue weighted by Crippen LogP contribution is 2.16. The summed E-state index contributed by atoms with van der Waals surface area (Å²) in [6.45, 7) is 4.15. The summed E-state index contributed by atoms with van der Waals surface area (Å²) in [5.41, 5.74) is 2.00. The molecule has 1 heterocycles. The van der Waals surface area contributed by atoms with Crippen LogP contribution in [0.2, 0.25) is 0 Å². The molecule has 1 atom stereocenters. The number of hydrogen-bond donors (Lipinski definition) is 3. The smallest absolute Gasteiger partial charge is 0.251 e. The molecule has 0 aliphatic heterocycles. The fourth-order valence-corrected chi connectivity index (χ4v) is 2.97. The number of nitrogens with one attached hydrogen (secondary N) is 3. The van der Waals surface area contributed by atoms with Crippen LogP contribution in [0.15, 0.2) is 52.2 Å². The molecule has 0 aliphatic carbocycles. The van der Waals surface area contributed by atoms with E-state index in [9.17, 15) is 4.79 Å². The topological polar surface area (TPSA) is 65.5 Å². The minimum Gasteiger partial charge on any atom is -0.356 e. The van der Waals surface area contributed by atoms with Gasteiger partial charge >= 0.3 is 0 Å². The number of carbonyl (C=O) groups excluding carboxylic acids is 1. The second-order valence-corrected chi connectivity index (χ2v) is 6.24. The number of nitrogens with zero attached hydrogens (tertiary/aromatic N) is 1. The lowest BCUT2D eigenvalue weighted by Crippen LogP contribution is -2.42. The van der Waals surface area contributed by atoms with Gasteiger partial charge in [-0.05, 0) is 40.4 Å². The molecule has 5 nitrogen and oxygen atoms in total. The highest BCUT2D eigenvalue weighted by Gasteiger charge is 2.07. The Morgan fingerprint density at radius 1 is 1.12 bits per heavy atom. The van der Waals surface area contributed by atoms with Gasteiger partial charge in [-0.1, -0.05) is 25.1 Å². The molecule has 0 spiro atoms. The van der Waals surface area contributed by atoms with Crippen LogP contribution in [0.4, 0.5) is 0 Å². The van der Waals surface area contributed by atoms with Crippen LogP contribution in [0.25, 0.3) is 0 Å². The van der Waals surface area contributed by atoms with Gasteiger partial charge in [-0.25, -0.2) is 0 Å². The van der Waals surface area contributed by atoms with Crippen molar-refractivity contribution in [1.82, 2.24) is 16.0 Å². The normalized spacial score (nSPS) is 12.0. The quantitative estimate of drug-likeness (QED) is 0.251. The van der Waals surface area contributed by atoms with Crippen molar-refractivity contribution in [2.45, 2.75) is 12.8 Å². The van der Waals surface area contributed by atoms with E-state index in [1.54, 1.807) is 30.5 Å². The van der Waals surface area contributed by atoms with E-state index >= 15 is 0 Å². The minimum atomic E-state index is -0.0635. The van der Waals surface area contributed by atoms with Crippen molar-refractivity contribution >= 4 is 47.2 Å². The molecule has 0 radical (unpaired) electrons. The van der Waals surface area contributed by atoms with Crippen molar-refractivity contribution in [3.05, 3.63) is 58.3 Å². The third-order valence-electron chi connectivity index (χ3n) is 3.65. The third kappa shape index (κ3) is 7.43. The van der Waals surface area contributed by atoms with Crippen molar-refractivity contribution in [3.63, 3.8) is 0 Å². The van der Waals surface area contributed by atoms with Gasteiger partial charge in [0, 0.05) is 32.2 Å². The molecule has 1 aromatic carbocycles. The predicted octanol–water partition coefficient (Wildman–Crippen LogP) is 3.06. The Morgan fingerprint density at radius 3 is 2.48 bits per heavy atom. The summed E-state index contributed by atoms with van der Waals surface area (Å²) >= 11 is 1.71. The van der Waals surface area contributed by atoms with Crippen LogP contribution in [0, 0.1) is 0 Å². The van der Waals surface area contributed by atoms with Gasteiger partial charge in [0.15, 0.2) is 5.96 Å². The van der Waals surface area contributed by atoms with Gasteiger partial charge in [0.05, 0.1) is 0 Å². The maximum Gasteiger partial charge on any atom is 0.251 e. The standard InChI is InChI=1S/C18H24N4OS.HI/c1-14(16-8-11-24-13-16)12-22-18(19-2)21-10-9-20-17(23)15-6-4-3-5-7-15;/h3-8,11,13-14H,9-10,12H2,1-2H3,(H,20,23)(H2,19,21,22);1H. The van der Waals surface area contributed by atoms with Crippen molar-refractivity contribution in [2.75, 3.05) is 26.7 Å². The maximum absolute atomic E-state index is 11.9. The van der Waals surface area contributed by atoms with Gasteiger partial charge in [-0.3, -0.25) is 9.79 Å². The number of benzene rings is 1. The van der Waals surface area contributed by atoms with Crippen LogP contribution >= 0.6 is 35.3 Å². The Morgan fingerprint density at radius 2 is 1.84 bits per heavy atom. The lowest BCUT2D eigenvalue weighted by molar-refractivity contribution is 0.0954. The zero-order valence-corrected chi connectivity index (χ0v) is 17.6. The van der Waals surface area contributed by atoms with Gasteiger partial charge in [-0.15, -0.1) is 24.0 Å². The average Bonchev–Trinajstić information content (AvgIpc) is 3.16. The Bertz CT molecular complexity index is 646. The molecule has 0 saturated heterocycles. The number of carbonyl (C=O) groups is 1. The molecule has 136 valence electrons. The van der Waals surface area contributed by atoms with Crippen LogP contribution in [-0.4, -0.2) is 38.5 Å². The zero-order chi connectivity index (χ0) is 17.2. The SMILES string of the molecule is CN=C(NCCNC(=O)c1ccccc1)NCC(C)c1ccsc1.I. The number of halogens is 1. The predicted molar refractivity (Wildman–Crippen MR) is 116 cm³/mol. The maximum atomic E-state index is 11.9. The van der Waals surface area contributed by atoms with Crippen LogP contribution in [0.1, 0.15) is 28.8 Å². The fourth-order valence-electron chi connectivity index (χ4n) is 2.19. The van der Waals surface area contributed by atoms with Gasteiger partial charge in [-0.2, -0.15) is 11.3 Å². The number of amides is 1. The molecule has 0 fully saturated rings. The first-order valence-corrected chi connectivity index (χ1v) is 8.95. The minimum absolute atomic E-state index is 0. The van der Waals surface area contributed by atoms with Gasteiger partial charge in [0.1, 0.15) is 0 Å². The summed E-state index contributed by atoms with van der Waals surface area (Å²) in [6.07, 6.45) is 0. The second kappa shape index (κ2) is 11.9. The molecule has 7 heteroatoms. The third-order valence-corrected chi connectivity index (χ3v) is 4.35. The van der Waals surface area contributed by atoms with E-state index < -0.39 is 0 Å². The molecule has 1 amide bonds. The lowest BCUT2D eigenvalue weighted by atomic mass is 10.1. The first-order valence-electron chi connectivity index (χ1n) is 8.00. The molecule has 0 bridgehead atoms. The monoisotopic (exact) mass is 472 g/mol. The van der Waals surface area contributed by atoms with E-state index in [-0.39, 0.29) is 29.9 Å². The van der Waals surface area contributed by atoms with E-state index in [2.05, 4.69) is 44.7 Å².